The molecular formula is C12H9BrCl3N3O. The molecule has 2 rings (SSSR count). The van der Waals surface area contributed by atoms with Crippen LogP contribution >= 0.6 is 50.7 Å². The number of anilines is 1. The number of rotatable bonds is 4. The number of hydrogen-bond acceptors (Lipinski definition) is 2. The summed E-state index contributed by atoms with van der Waals surface area (Å²) in [5, 5.41) is 7.84. The summed E-state index contributed by atoms with van der Waals surface area (Å²) < 4.78 is 2.35. The van der Waals surface area contributed by atoms with Crippen LogP contribution in [-0.2, 0) is 11.3 Å². The molecule has 0 spiro atoms. The van der Waals surface area contributed by atoms with Crippen LogP contribution in [0.4, 0.5) is 5.82 Å². The van der Waals surface area contributed by atoms with Gasteiger partial charge in [-0.05, 0) is 33.6 Å². The van der Waals surface area contributed by atoms with Crippen molar-refractivity contribution in [3.05, 3.63) is 44.5 Å². The monoisotopic (exact) mass is 395 g/mol. The summed E-state index contributed by atoms with van der Waals surface area (Å²) in [7, 11) is 0. The quantitative estimate of drug-likeness (QED) is 0.787. The van der Waals surface area contributed by atoms with E-state index in [1.54, 1.807) is 23.0 Å². The lowest BCUT2D eigenvalue weighted by atomic mass is 10.2. The van der Waals surface area contributed by atoms with Crippen molar-refractivity contribution in [3.63, 3.8) is 0 Å². The SMILES string of the molecule is O=C(CCl)Nc1nn(Cc2ccc(Cl)c(Cl)c2)cc1Br. The highest BCUT2D eigenvalue weighted by molar-refractivity contribution is 9.10. The lowest BCUT2D eigenvalue weighted by Crippen LogP contribution is -2.13. The number of alkyl halides is 1. The molecule has 0 aliphatic rings. The van der Waals surface area contributed by atoms with E-state index in [-0.39, 0.29) is 11.8 Å². The molecule has 1 aromatic heterocycles. The molecule has 8 heteroatoms. The summed E-state index contributed by atoms with van der Waals surface area (Å²) >= 11 is 20.6. The van der Waals surface area contributed by atoms with Crippen LogP contribution in [0.5, 0.6) is 0 Å². The predicted octanol–water partition coefficient (Wildman–Crippen LogP) is 4.18. The Morgan fingerprint density at radius 2 is 2.10 bits per heavy atom. The molecule has 1 N–H and O–H groups in total. The summed E-state index contributed by atoms with van der Waals surface area (Å²) in [4.78, 5) is 11.2. The molecule has 0 fully saturated rings. The molecule has 106 valence electrons. The molecule has 0 aliphatic heterocycles. The first-order valence-electron chi connectivity index (χ1n) is 5.52. The van der Waals surface area contributed by atoms with Crippen molar-refractivity contribution in [2.45, 2.75) is 6.54 Å². The first-order valence-corrected chi connectivity index (χ1v) is 7.60. The number of nitrogens with zero attached hydrogens (tertiary/aromatic N) is 2. The molecule has 0 saturated carbocycles. The lowest BCUT2D eigenvalue weighted by molar-refractivity contribution is -0.113. The van der Waals surface area contributed by atoms with E-state index in [0.717, 1.165) is 5.56 Å². The minimum Gasteiger partial charge on any atom is -0.307 e. The van der Waals surface area contributed by atoms with E-state index in [9.17, 15) is 4.79 Å². The Morgan fingerprint density at radius 1 is 1.35 bits per heavy atom. The van der Waals surface area contributed by atoms with Gasteiger partial charge in [0.25, 0.3) is 0 Å². The number of carbonyl (C=O) groups excluding carboxylic acids is 1. The van der Waals surface area contributed by atoms with E-state index in [0.29, 0.717) is 26.9 Å². The summed E-state index contributed by atoms with van der Waals surface area (Å²) in [6.07, 6.45) is 1.76. The highest BCUT2D eigenvalue weighted by atomic mass is 79.9. The van der Waals surface area contributed by atoms with Crippen LogP contribution in [0, 0.1) is 0 Å². The van der Waals surface area contributed by atoms with Gasteiger partial charge in [0, 0.05) is 6.20 Å². The van der Waals surface area contributed by atoms with Gasteiger partial charge in [0.05, 0.1) is 21.1 Å². The minimum atomic E-state index is -0.313. The van der Waals surface area contributed by atoms with Crippen LogP contribution in [0.3, 0.4) is 0 Å². The van der Waals surface area contributed by atoms with Crippen LogP contribution in [-0.4, -0.2) is 21.6 Å². The molecule has 1 amide bonds. The second-order valence-electron chi connectivity index (χ2n) is 3.95. The van der Waals surface area contributed by atoms with E-state index in [1.165, 1.54) is 0 Å². The number of amides is 1. The maximum Gasteiger partial charge on any atom is 0.240 e. The van der Waals surface area contributed by atoms with Crippen molar-refractivity contribution >= 4 is 62.5 Å². The predicted molar refractivity (Wildman–Crippen MR) is 84.8 cm³/mol. The fourth-order valence-electron chi connectivity index (χ4n) is 1.55. The number of nitrogens with one attached hydrogen (secondary N) is 1. The summed E-state index contributed by atoms with van der Waals surface area (Å²) in [5.74, 6) is -0.00519. The van der Waals surface area contributed by atoms with Crippen molar-refractivity contribution in [2.24, 2.45) is 0 Å². The fraction of sp³-hybridized carbons (Fsp3) is 0.167. The van der Waals surface area contributed by atoms with E-state index >= 15 is 0 Å². The van der Waals surface area contributed by atoms with E-state index in [2.05, 4.69) is 26.3 Å². The molecule has 0 atom stereocenters. The third kappa shape index (κ3) is 3.88. The van der Waals surface area contributed by atoms with Gasteiger partial charge >= 0.3 is 0 Å². The van der Waals surface area contributed by atoms with Crippen molar-refractivity contribution in [2.75, 3.05) is 11.2 Å². The van der Waals surface area contributed by atoms with E-state index in [1.807, 2.05) is 6.07 Å². The Balaban J connectivity index is 2.15. The first-order chi connectivity index (χ1) is 9.49. The highest BCUT2D eigenvalue weighted by Gasteiger charge is 2.10. The van der Waals surface area contributed by atoms with Gasteiger partial charge < -0.3 is 5.32 Å². The molecule has 20 heavy (non-hydrogen) atoms. The summed E-state index contributed by atoms with van der Waals surface area (Å²) in [5.41, 5.74) is 0.949. The average Bonchev–Trinajstić information content (AvgIpc) is 2.74. The molecule has 4 nitrogen and oxygen atoms in total. The highest BCUT2D eigenvalue weighted by Crippen LogP contribution is 2.24. The van der Waals surface area contributed by atoms with Crippen LogP contribution in [0.25, 0.3) is 0 Å². The Kier molecular flexibility index (Phi) is 5.32. The smallest absolute Gasteiger partial charge is 0.240 e. The van der Waals surface area contributed by atoms with E-state index in [4.69, 9.17) is 34.8 Å². The zero-order valence-electron chi connectivity index (χ0n) is 10.0. The number of benzene rings is 1. The van der Waals surface area contributed by atoms with Gasteiger partial charge in [-0.25, -0.2) is 0 Å². The van der Waals surface area contributed by atoms with Gasteiger partial charge in [-0.2, -0.15) is 5.10 Å². The Morgan fingerprint density at radius 3 is 2.75 bits per heavy atom. The van der Waals surface area contributed by atoms with Crippen LogP contribution in [0.1, 0.15) is 5.56 Å². The number of halogens is 4. The number of aromatic nitrogens is 2. The van der Waals surface area contributed by atoms with Crippen LogP contribution in [0.2, 0.25) is 10.0 Å². The Hall–Kier alpha value is -0.750. The third-order valence-electron chi connectivity index (χ3n) is 2.42. The average molecular weight is 397 g/mol. The minimum absolute atomic E-state index is 0.119. The van der Waals surface area contributed by atoms with Gasteiger partial charge in [0.1, 0.15) is 5.88 Å². The number of hydrogen-bond donors (Lipinski definition) is 1. The fourth-order valence-corrected chi connectivity index (χ4v) is 2.36. The summed E-state index contributed by atoms with van der Waals surface area (Å²) in [6.45, 7) is 0.506. The van der Waals surface area contributed by atoms with Gasteiger partial charge in [-0.15, -0.1) is 11.6 Å². The molecule has 1 heterocycles. The largest absolute Gasteiger partial charge is 0.307 e. The number of carbonyl (C=O) groups is 1. The maximum absolute atomic E-state index is 11.2. The van der Waals surface area contributed by atoms with Crippen molar-refractivity contribution < 1.29 is 4.79 Å². The molecule has 0 radical (unpaired) electrons. The zero-order valence-corrected chi connectivity index (χ0v) is 13.9. The summed E-state index contributed by atoms with van der Waals surface area (Å²) in [6, 6.07) is 5.37. The Bertz CT molecular complexity index is 645. The van der Waals surface area contributed by atoms with Gasteiger partial charge in [0.15, 0.2) is 5.82 Å². The molecule has 0 bridgehead atoms. The normalized spacial score (nSPS) is 10.6. The van der Waals surface area contributed by atoms with Crippen molar-refractivity contribution in [1.29, 1.82) is 0 Å². The van der Waals surface area contributed by atoms with Gasteiger partial charge in [-0.3, -0.25) is 9.48 Å². The van der Waals surface area contributed by atoms with Crippen molar-refractivity contribution in [3.8, 4) is 0 Å². The molecule has 1 aromatic carbocycles. The van der Waals surface area contributed by atoms with Crippen molar-refractivity contribution in [1.82, 2.24) is 9.78 Å². The van der Waals surface area contributed by atoms with Gasteiger partial charge in [-0.1, -0.05) is 29.3 Å². The van der Waals surface area contributed by atoms with E-state index < -0.39 is 0 Å². The topological polar surface area (TPSA) is 46.9 Å². The second kappa shape index (κ2) is 6.80. The lowest BCUT2D eigenvalue weighted by Gasteiger charge is -2.03. The third-order valence-corrected chi connectivity index (χ3v) is 3.99. The standard InChI is InChI=1S/C12H9BrCl3N3O/c13-8-6-19(18-12(8)17-11(20)4-14)5-7-1-2-9(15)10(16)3-7/h1-3,6H,4-5H2,(H,17,18,20). The zero-order chi connectivity index (χ0) is 14.7. The van der Waals surface area contributed by atoms with Gasteiger partial charge in [0.2, 0.25) is 5.91 Å². The van der Waals surface area contributed by atoms with Crippen LogP contribution in [0.15, 0.2) is 28.9 Å². The molecule has 2 aromatic rings. The Labute approximate surface area is 139 Å². The van der Waals surface area contributed by atoms with Crippen LogP contribution < -0.4 is 5.32 Å². The molecule has 0 aliphatic carbocycles. The molecule has 0 saturated heterocycles. The molecule has 0 unspecified atom stereocenters. The maximum atomic E-state index is 11.2. The molecular weight excluding hydrogens is 388 g/mol. The first kappa shape index (κ1) is 15.6. The second-order valence-corrected chi connectivity index (χ2v) is 5.89.